The molecule has 2 unspecified atom stereocenters. The van der Waals surface area contributed by atoms with Gasteiger partial charge in [0.1, 0.15) is 48.3 Å². The summed E-state index contributed by atoms with van der Waals surface area (Å²) in [5.41, 5.74) is 23.7. The second-order valence-corrected chi connectivity index (χ2v) is 24.9. The molecule has 6 heterocycles. The number of nitrogens with one attached hydrogen (secondary N) is 8. The van der Waals surface area contributed by atoms with Gasteiger partial charge in [-0.3, -0.25) is 67.3 Å². The number of benzene rings is 1. The zero-order valence-electron chi connectivity index (χ0n) is 49.0. The molecule has 32 heteroatoms. The summed E-state index contributed by atoms with van der Waals surface area (Å²) in [5, 5.41) is 27.7. The number of amides is 11. The van der Waals surface area contributed by atoms with Crippen LogP contribution >= 0.6 is 23.5 Å². The molecule has 87 heavy (non-hydrogen) atoms. The van der Waals surface area contributed by atoms with Crippen molar-refractivity contribution < 1.29 is 67.4 Å². The molecule has 4 bridgehead atoms. The van der Waals surface area contributed by atoms with Crippen LogP contribution in [0.3, 0.4) is 0 Å². The zero-order chi connectivity index (χ0) is 63.8. The van der Waals surface area contributed by atoms with E-state index in [1.54, 1.807) is 58.2 Å². The first kappa shape index (κ1) is 68.1. The highest BCUT2D eigenvalue weighted by atomic mass is 32.2. The molecular weight excluding hydrogens is 1170 g/mol. The lowest BCUT2D eigenvalue weighted by molar-refractivity contribution is -0.159. The molecule has 476 valence electrons. The molecule has 1 aromatic carbocycles. The second-order valence-electron chi connectivity index (χ2n) is 22.7. The standard InChI is InChI=1S/C55H80N16O14S2/c1-27(2)17-34-47(78)66-37(41(72)21-56)25-87-55(85)68-35(18-28(3)4)48(79)64-36(19-29-22-61-31-10-6-5-9-30(29)31)49(80)67-38-26-86-44-24-69(53(84)40(20-45(75)76)71(44)52(38)83)23-43(74)62-32(13-14-42(57)73)46(77)63-33(11-7-15-60-54(58)59)51(82)70-16-8-12-39(70)50(81)65-34/h5-6,9-10,22,27-28,32-40,44,61H,7-8,11-21,23-26,56H2,1-4H3,(H2,57,73)(H,62,74)(H,63,77)(H,64,79)(H,65,81)(H,66,78)(H,67,80)(H,68,85)(H,75,76)(H4,58,59,60)/t32-,33-,34-,35-,36-,37?,38-,39-,40-,44?/m0/s1. The van der Waals surface area contributed by atoms with Crippen LogP contribution < -0.4 is 60.2 Å². The van der Waals surface area contributed by atoms with Crippen LogP contribution in [0.5, 0.6) is 0 Å². The molecule has 5 aliphatic heterocycles. The van der Waals surface area contributed by atoms with E-state index < -0.39 is 168 Å². The first-order valence-corrected chi connectivity index (χ1v) is 30.9. The smallest absolute Gasteiger partial charge is 0.305 e. The minimum absolute atomic E-state index is 0.00364. The number of ketones is 1. The lowest BCUT2D eigenvalue weighted by atomic mass is 10.0. The molecule has 2 aromatic rings. The van der Waals surface area contributed by atoms with Crippen molar-refractivity contribution in [2.75, 3.05) is 44.2 Å². The van der Waals surface area contributed by atoms with Crippen molar-refractivity contribution in [3.05, 3.63) is 36.0 Å². The van der Waals surface area contributed by atoms with Gasteiger partial charge in [0.2, 0.25) is 59.1 Å². The van der Waals surface area contributed by atoms with Gasteiger partial charge in [0.15, 0.2) is 11.7 Å². The summed E-state index contributed by atoms with van der Waals surface area (Å²) in [7, 11) is 0. The number of primary amides is 1. The molecule has 5 saturated heterocycles. The third-order valence-corrected chi connectivity index (χ3v) is 17.2. The number of hydrogen-bond donors (Lipinski definition) is 13. The van der Waals surface area contributed by atoms with Crippen LogP contribution in [0.1, 0.15) is 91.0 Å². The van der Waals surface area contributed by atoms with E-state index in [9.17, 15) is 67.4 Å². The van der Waals surface area contributed by atoms with E-state index in [1.807, 2.05) is 0 Å². The van der Waals surface area contributed by atoms with Crippen LogP contribution in [0.15, 0.2) is 35.5 Å². The number of nitrogens with zero attached hydrogens (tertiary/aromatic N) is 4. The number of thioether (sulfide) groups is 2. The molecule has 30 nitrogen and oxygen atoms in total. The lowest BCUT2D eigenvalue weighted by Crippen LogP contribution is -2.69. The van der Waals surface area contributed by atoms with Crippen molar-refractivity contribution in [3.8, 4) is 0 Å². The Morgan fingerprint density at radius 3 is 2.05 bits per heavy atom. The van der Waals surface area contributed by atoms with Crippen LogP contribution in [0.25, 0.3) is 10.9 Å². The van der Waals surface area contributed by atoms with Gasteiger partial charge in [-0.1, -0.05) is 57.7 Å². The summed E-state index contributed by atoms with van der Waals surface area (Å²) in [5.74, 6) is -11.8. The number of H-pyrrole nitrogens is 1. The summed E-state index contributed by atoms with van der Waals surface area (Å²) in [4.78, 5) is 192. The third kappa shape index (κ3) is 19.0. The van der Waals surface area contributed by atoms with Gasteiger partial charge in [0, 0.05) is 54.5 Å². The number of Topliss-reactive ketones (excluding diaryl/α,β-unsaturated/α-hetero) is 1. The number of guanidine groups is 1. The molecule has 11 amide bonds. The summed E-state index contributed by atoms with van der Waals surface area (Å²) in [6, 6.07) is -5.42. The quantitative estimate of drug-likeness (QED) is 0.0324. The number of carboxylic acids is 1. The first-order chi connectivity index (χ1) is 41.2. The molecular formula is C55H80N16O14S2. The normalized spacial score (nSPS) is 26.2. The Morgan fingerprint density at radius 2 is 1.38 bits per heavy atom. The fourth-order valence-electron chi connectivity index (χ4n) is 10.8. The van der Waals surface area contributed by atoms with Crippen molar-refractivity contribution in [3.63, 3.8) is 0 Å². The molecule has 10 atom stereocenters. The van der Waals surface area contributed by atoms with Gasteiger partial charge in [0.05, 0.1) is 37.5 Å². The largest absolute Gasteiger partial charge is 0.481 e. The fraction of sp³-hybridized carbons (Fsp3) is 0.600. The maximum atomic E-state index is 14.7. The van der Waals surface area contributed by atoms with E-state index in [0.29, 0.717) is 34.6 Å². The fourth-order valence-corrected chi connectivity index (χ4v) is 13.0. The Labute approximate surface area is 510 Å². The van der Waals surface area contributed by atoms with E-state index >= 15 is 0 Å². The molecule has 1 aromatic heterocycles. The van der Waals surface area contributed by atoms with Crippen LogP contribution in [0, 0.1) is 11.8 Å². The van der Waals surface area contributed by atoms with E-state index in [2.05, 4.69) is 47.2 Å². The number of piperazine rings is 1. The zero-order valence-corrected chi connectivity index (χ0v) is 50.6. The van der Waals surface area contributed by atoms with Crippen molar-refractivity contribution in [2.24, 2.45) is 39.8 Å². The van der Waals surface area contributed by atoms with Gasteiger partial charge in [0.25, 0.3) is 5.24 Å². The molecule has 5 aliphatic rings. The van der Waals surface area contributed by atoms with Crippen molar-refractivity contribution in [1.29, 1.82) is 0 Å². The van der Waals surface area contributed by atoms with Crippen LogP contribution in [-0.2, 0) is 64.0 Å². The van der Waals surface area contributed by atoms with Gasteiger partial charge in [-0.2, -0.15) is 0 Å². The average molecular weight is 1250 g/mol. The number of aromatic amines is 1. The first-order valence-electron chi connectivity index (χ1n) is 28.9. The number of hydrogen-bond acceptors (Lipinski definition) is 17. The maximum absolute atomic E-state index is 14.7. The van der Waals surface area contributed by atoms with Gasteiger partial charge in [-0.05, 0) is 68.4 Å². The number of rotatable bonds is 17. The van der Waals surface area contributed by atoms with E-state index in [1.165, 1.54) is 4.90 Å². The molecule has 17 N–H and O–H groups in total. The molecule has 0 radical (unpaired) electrons. The van der Waals surface area contributed by atoms with Crippen LogP contribution in [-0.4, -0.2) is 211 Å². The number of carbonyl (C=O) groups excluding carboxylic acids is 12. The summed E-state index contributed by atoms with van der Waals surface area (Å²) >= 11 is 1.64. The Morgan fingerprint density at radius 1 is 0.736 bits per heavy atom. The Hall–Kier alpha value is -8.00. The number of aliphatic carboxylic acids is 1. The maximum Gasteiger partial charge on any atom is 0.305 e. The number of fused-ring (bicyclic) bond motifs is 25. The number of carboxylic acid groups (broad SMARTS) is 1. The highest BCUT2D eigenvalue weighted by molar-refractivity contribution is 8.13. The Balaban J connectivity index is 1.37. The van der Waals surface area contributed by atoms with Crippen molar-refractivity contribution in [2.45, 2.75) is 152 Å². The number of nitrogens with two attached hydrogens (primary N) is 4. The molecule has 5 fully saturated rings. The second kappa shape index (κ2) is 31.6. The topological polar surface area (TPSA) is 468 Å². The third-order valence-electron chi connectivity index (χ3n) is 15.1. The molecule has 0 saturated carbocycles. The average Bonchev–Trinajstić information content (AvgIpc) is 1.54. The highest BCUT2D eigenvalue weighted by Gasteiger charge is 2.50. The number of carbonyl (C=O) groups is 13. The van der Waals surface area contributed by atoms with Gasteiger partial charge in [-0.25, -0.2) is 0 Å². The summed E-state index contributed by atoms with van der Waals surface area (Å²) < 4.78 is 0. The highest BCUT2D eigenvalue weighted by Crippen LogP contribution is 2.33. The minimum atomic E-state index is -1.69. The van der Waals surface area contributed by atoms with Crippen LogP contribution in [0.4, 0.5) is 4.79 Å². The van der Waals surface area contributed by atoms with E-state index in [4.69, 9.17) is 22.9 Å². The lowest BCUT2D eigenvalue weighted by Gasteiger charge is -2.49. The van der Waals surface area contributed by atoms with Gasteiger partial charge in [-0.15, -0.1) is 11.8 Å². The monoisotopic (exact) mass is 1250 g/mol. The molecule has 0 aliphatic carbocycles. The van der Waals surface area contributed by atoms with Gasteiger partial charge < -0.3 is 84.9 Å². The van der Waals surface area contributed by atoms with Crippen molar-refractivity contribution in [1.82, 2.24) is 56.9 Å². The number of aliphatic imine (C=N–C) groups is 1. The SMILES string of the molecule is CC(C)C[C@@H]1NC(=O)SCC(C(=O)CN)NC(=O)[C@H](CC(C)C)NC(=O)[C@@H]2CCCN2C(=O)[C@H](CCCN=C(N)N)NC(=O)[C@H](CCC(N)=O)NC(=O)CN2CC3SC[C@H](NC(=O)[C@H](Cc4c[nH]c5ccccc45)NC1=O)C(=O)N3[C@@H](CC(=O)O)C2=O. The molecule has 0 spiro atoms. The van der Waals surface area contributed by atoms with Gasteiger partial charge >= 0.3 is 5.97 Å². The Bertz CT molecular complexity index is 2960. The number of para-hydroxylation sites is 1. The van der Waals surface area contributed by atoms with Crippen molar-refractivity contribution >= 4 is 116 Å². The van der Waals surface area contributed by atoms with Crippen LogP contribution in [0.2, 0.25) is 0 Å². The minimum Gasteiger partial charge on any atom is -0.481 e. The molecule has 7 rings (SSSR count). The predicted octanol–water partition coefficient (Wildman–Crippen LogP) is -3.04. The summed E-state index contributed by atoms with van der Waals surface area (Å²) in [6.45, 7) is 5.55. The van der Waals surface area contributed by atoms with E-state index in [-0.39, 0.29) is 87.5 Å². The summed E-state index contributed by atoms with van der Waals surface area (Å²) in [6.07, 6.45) is 0.301. The van der Waals surface area contributed by atoms with E-state index in [0.717, 1.165) is 21.6 Å². The Kier molecular flexibility index (Phi) is 24.7. The predicted molar refractivity (Wildman–Crippen MR) is 320 cm³/mol. The number of aromatic nitrogens is 1.